The van der Waals surface area contributed by atoms with E-state index in [9.17, 15) is 14.0 Å². The molecule has 5 rings (SSSR count). The Hall–Kier alpha value is -4.23. The SMILES string of the molecule is C[C@H]1C[C@@H](c2ccncc2NC(=O)c2ccc(F)c(-c3c(F)cc(OC4CCOCC4)cc3F)n2)C[C@@H](N)[C@H]1NC(=O)O. The van der Waals surface area contributed by atoms with E-state index >= 15 is 8.78 Å². The van der Waals surface area contributed by atoms with Crippen LogP contribution in [0, 0.1) is 23.4 Å². The normalized spacial score (nSPS) is 22.5. The van der Waals surface area contributed by atoms with Crippen LogP contribution in [-0.4, -0.2) is 58.5 Å². The van der Waals surface area contributed by atoms with Crippen LogP contribution in [0.3, 0.4) is 0 Å². The van der Waals surface area contributed by atoms with Gasteiger partial charge in [-0.3, -0.25) is 9.78 Å². The minimum atomic E-state index is -1.15. The molecule has 0 radical (unpaired) electrons. The van der Waals surface area contributed by atoms with Crippen molar-refractivity contribution in [2.45, 2.75) is 56.7 Å². The van der Waals surface area contributed by atoms with Gasteiger partial charge in [-0.15, -0.1) is 0 Å². The van der Waals surface area contributed by atoms with Crippen LogP contribution in [0.4, 0.5) is 23.7 Å². The molecule has 0 spiro atoms. The van der Waals surface area contributed by atoms with Crippen molar-refractivity contribution in [1.82, 2.24) is 15.3 Å². The van der Waals surface area contributed by atoms with Gasteiger partial charge in [0, 0.05) is 43.3 Å². The number of rotatable bonds is 7. The van der Waals surface area contributed by atoms with Crippen molar-refractivity contribution in [2.24, 2.45) is 11.7 Å². The third-order valence-electron chi connectivity index (χ3n) is 7.92. The van der Waals surface area contributed by atoms with Crippen LogP contribution in [0.25, 0.3) is 11.3 Å². The number of nitrogens with one attached hydrogen (secondary N) is 2. The molecule has 4 atom stereocenters. The van der Waals surface area contributed by atoms with Crippen molar-refractivity contribution in [2.75, 3.05) is 18.5 Å². The van der Waals surface area contributed by atoms with E-state index in [1.807, 2.05) is 6.92 Å². The number of pyridine rings is 2. The third-order valence-corrected chi connectivity index (χ3v) is 7.92. The zero-order valence-electron chi connectivity index (χ0n) is 23.4. The Morgan fingerprint density at radius 1 is 1.07 bits per heavy atom. The van der Waals surface area contributed by atoms with E-state index in [1.165, 1.54) is 6.20 Å². The lowest BCUT2D eigenvalue weighted by atomic mass is 9.73. The lowest BCUT2D eigenvalue weighted by Crippen LogP contribution is -2.54. The number of nitrogens with two attached hydrogens (primary N) is 1. The Balaban J connectivity index is 1.36. The van der Waals surface area contributed by atoms with E-state index in [0.717, 1.165) is 29.8 Å². The highest BCUT2D eigenvalue weighted by atomic mass is 19.1. The summed E-state index contributed by atoms with van der Waals surface area (Å²) in [6.45, 7) is 2.87. The van der Waals surface area contributed by atoms with Crippen LogP contribution in [0.5, 0.6) is 5.75 Å². The van der Waals surface area contributed by atoms with Gasteiger partial charge in [0.25, 0.3) is 5.91 Å². The van der Waals surface area contributed by atoms with Crippen molar-refractivity contribution >= 4 is 17.7 Å². The molecule has 1 saturated heterocycles. The fraction of sp³-hybridized carbons (Fsp3) is 0.400. The highest BCUT2D eigenvalue weighted by molar-refractivity contribution is 6.03. The number of ether oxygens (including phenoxy) is 2. The molecule has 2 aromatic heterocycles. The number of carbonyl (C=O) groups excluding carboxylic acids is 1. The quantitative estimate of drug-likeness (QED) is 0.301. The van der Waals surface area contributed by atoms with Gasteiger partial charge < -0.3 is 30.9 Å². The summed E-state index contributed by atoms with van der Waals surface area (Å²) in [5, 5.41) is 14.3. The minimum Gasteiger partial charge on any atom is -0.490 e. The lowest BCUT2D eigenvalue weighted by Gasteiger charge is -2.39. The van der Waals surface area contributed by atoms with Crippen LogP contribution in [0.2, 0.25) is 0 Å². The molecule has 0 bridgehead atoms. The number of carboxylic acid groups (broad SMARTS) is 1. The van der Waals surface area contributed by atoms with Crippen LogP contribution in [0.15, 0.2) is 42.7 Å². The number of hydrogen-bond donors (Lipinski definition) is 4. The predicted molar refractivity (Wildman–Crippen MR) is 150 cm³/mol. The highest BCUT2D eigenvalue weighted by Gasteiger charge is 2.36. The monoisotopic (exact) mass is 599 g/mol. The summed E-state index contributed by atoms with van der Waals surface area (Å²) in [6.07, 6.45) is 3.81. The fourth-order valence-electron chi connectivity index (χ4n) is 5.86. The van der Waals surface area contributed by atoms with Gasteiger partial charge in [-0.25, -0.2) is 22.9 Å². The average molecular weight is 600 g/mol. The molecule has 43 heavy (non-hydrogen) atoms. The number of amides is 2. The van der Waals surface area contributed by atoms with E-state index in [4.69, 9.17) is 20.3 Å². The van der Waals surface area contributed by atoms with Gasteiger partial charge >= 0.3 is 6.09 Å². The maximum absolute atomic E-state index is 15.1. The third kappa shape index (κ3) is 6.89. The van der Waals surface area contributed by atoms with Crippen LogP contribution in [0.1, 0.15) is 54.6 Å². The first-order chi connectivity index (χ1) is 20.6. The summed E-state index contributed by atoms with van der Waals surface area (Å²) in [5.74, 6) is -4.15. The summed E-state index contributed by atoms with van der Waals surface area (Å²) in [5.41, 5.74) is 5.76. The second kappa shape index (κ2) is 13.0. The van der Waals surface area contributed by atoms with E-state index < -0.39 is 52.8 Å². The molecular formula is C30H32F3N5O5. The average Bonchev–Trinajstić information content (AvgIpc) is 2.96. The molecule has 5 N–H and O–H groups in total. The molecule has 1 aliphatic heterocycles. The van der Waals surface area contributed by atoms with Gasteiger partial charge in [-0.05, 0) is 48.4 Å². The van der Waals surface area contributed by atoms with Gasteiger partial charge in [0.05, 0.1) is 30.7 Å². The fourth-order valence-corrected chi connectivity index (χ4v) is 5.86. The molecular weight excluding hydrogens is 567 g/mol. The largest absolute Gasteiger partial charge is 0.490 e. The summed E-state index contributed by atoms with van der Waals surface area (Å²) >= 11 is 0. The summed E-state index contributed by atoms with van der Waals surface area (Å²) < 4.78 is 56.0. The first kappa shape index (κ1) is 30.2. The van der Waals surface area contributed by atoms with E-state index in [2.05, 4.69) is 20.6 Å². The molecule has 3 heterocycles. The summed E-state index contributed by atoms with van der Waals surface area (Å²) in [7, 11) is 0. The molecule has 1 aliphatic carbocycles. The van der Waals surface area contributed by atoms with Crippen LogP contribution < -0.4 is 21.1 Å². The Morgan fingerprint density at radius 3 is 2.47 bits per heavy atom. The maximum atomic E-state index is 15.1. The predicted octanol–water partition coefficient (Wildman–Crippen LogP) is 4.85. The molecule has 3 aromatic rings. The first-order valence-corrected chi connectivity index (χ1v) is 14.0. The standard InChI is InChI=1S/C30H32F3N5O5/c1-15-10-16(11-23(34)27(15)38-30(40)41)19-4-7-35-14-25(19)37-29(39)24-3-2-20(31)28(36-24)26-21(32)12-18(13-22(26)33)43-17-5-8-42-9-6-17/h2-4,7,12-17,23,27,38H,5-6,8-11,34H2,1H3,(H,37,39)(H,40,41)/t15-,16+,23+,27-/m0/s1. The van der Waals surface area contributed by atoms with Gasteiger partial charge in [0.15, 0.2) is 0 Å². The minimum absolute atomic E-state index is 0.0362. The molecule has 1 saturated carbocycles. The number of benzene rings is 1. The van der Waals surface area contributed by atoms with E-state index in [1.54, 1.807) is 12.3 Å². The number of halogens is 3. The number of hydrogen-bond acceptors (Lipinski definition) is 7. The van der Waals surface area contributed by atoms with Crippen LogP contribution >= 0.6 is 0 Å². The Labute approximate surface area is 245 Å². The van der Waals surface area contributed by atoms with E-state index in [-0.39, 0.29) is 29.4 Å². The second-order valence-corrected chi connectivity index (χ2v) is 10.9. The van der Waals surface area contributed by atoms with Crippen LogP contribution in [-0.2, 0) is 4.74 Å². The molecule has 2 aliphatic rings. The smallest absolute Gasteiger partial charge is 0.404 e. The van der Waals surface area contributed by atoms with Crippen molar-refractivity contribution in [3.63, 3.8) is 0 Å². The number of anilines is 1. The summed E-state index contributed by atoms with van der Waals surface area (Å²) in [6, 6.07) is 4.84. The van der Waals surface area contributed by atoms with Crippen molar-refractivity contribution in [3.05, 3.63) is 71.4 Å². The number of aromatic nitrogens is 2. The molecule has 2 fully saturated rings. The topological polar surface area (TPSA) is 149 Å². The lowest BCUT2D eigenvalue weighted by molar-refractivity contribution is 0.0253. The molecule has 228 valence electrons. The van der Waals surface area contributed by atoms with Crippen molar-refractivity contribution in [1.29, 1.82) is 0 Å². The molecule has 0 unspecified atom stereocenters. The first-order valence-electron chi connectivity index (χ1n) is 14.0. The zero-order chi connectivity index (χ0) is 30.7. The molecule has 1 aromatic carbocycles. The second-order valence-electron chi connectivity index (χ2n) is 10.9. The molecule has 13 heteroatoms. The summed E-state index contributed by atoms with van der Waals surface area (Å²) in [4.78, 5) is 32.5. The Bertz CT molecular complexity index is 1470. The van der Waals surface area contributed by atoms with Gasteiger partial charge in [0.1, 0.15) is 40.7 Å². The highest BCUT2D eigenvalue weighted by Crippen LogP contribution is 2.39. The van der Waals surface area contributed by atoms with E-state index in [0.29, 0.717) is 44.6 Å². The van der Waals surface area contributed by atoms with Crippen molar-refractivity contribution < 1.29 is 37.3 Å². The molecule has 2 amide bonds. The number of nitrogens with zero attached hydrogens (tertiary/aromatic N) is 2. The Morgan fingerprint density at radius 2 is 1.79 bits per heavy atom. The zero-order valence-corrected chi connectivity index (χ0v) is 23.4. The number of carbonyl (C=O) groups is 2. The van der Waals surface area contributed by atoms with Gasteiger partial charge in [-0.1, -0.05) is 6.92 Å². The van der Waals surface area contributed by atoms with Gasteiger partial charge in [0.2, 0.25) is 0 Å². The Kier molecular flexibility index (Phi) is 9.11. The maximum Gasteiger partial charge on any atom is 0.404 e. The van der Waals surface area contributed by atoms with Crippen molar-refractivity contribution in [3.8, 4) is 17.0 Å². The van der Waals surface area contributed by atoms with Gasteiger partial charge in [-0.2, -0.15) is 0 Å². The molecule has 10 nitrogen and oxygen atoms in total.